The second-order valence-electron chi connectivity index (χ2n) is 10.3. The van der Waals surface area contributed by atoms with Crippen molar-refractivity contribution in [3.05, 3.63) is 58.9 Å². The Balaban J connectivity index is 2.29. The van der Waals surface area contributed by atoms with Crippen LogP contribution in [-0.2, 0) is 44.9 Å². The molecule has 0 amide bonds. The highest BCUT2D eigenvalue weighted by Crippen LogP contribution is 2.22. The van der Waals surface area contributed by atoms with Gasteiger partial charge in [0.15, 0.2) is 0 Å². The zero-order chi connectivity index (χ0) is 29.8. The van der Waals surface area contributed by atoms with E-state index in [1.54, 1.807) is 12.1 Å². The molecule has 0 atom stereocenters. The predicted molar refractivity (Wildman–Crippen MR) is 153 cm³/mol. The van der Waals surface area contributed by atoms with Gasteiger partial charge in [0.25, 0.3) is 0 Å². The Morgan fingerprint density at radius 3 is 1.50 bits per heavy atom. The summed E-state index contributed by atoms with van der Waals surface area (Å²) in [5, 5.41) is 40.2. The number of aromatic nitrogens is 1. The van der Waals surface area contributed by atoms with E-state index in [-0.39, 0.29) is 44.4 Å². The first-order valence-electron chi connectivity index (χ1n) is 13.1. The van der Waals surface area contributed by atoms with E-state index in [1.807, 2.05) is 38.1 Å². The summed E-state index contributed by atoms with van der Waals surface area (Å²) in [7, 11) is 0. The van der Waals surface area contributed by atoms with Gasteiger partial charge in [-0.3, -0.25) is 24.2 Å². The normalized spacial score (nSPS) is 11.1. The third kappa shape index (κ3) is 12.3. The summed E-state index contributed by atoms with van der Waals surface area (Å²) in [6.07, 6.45) is 0.118. The van der Waals surface area contributed by atoms with Gasteiger partial charge in [-0.25, -0.2) is 0 Å². The molecule has 2 aromatic rings. The van der Waals surface area contributed by atoms with Crippen molar-refractivity contribution in [3.8, 4) is 0 Å². The minimum Gasteiger partial charge on any atom is -0.481 e. The minimum atomic E-state index is -1.11. The monoisotopic (exact) mass is 572 g/mol. The number of carbonyl (C=O) groups is 4. The van der Waals surface area contributed by atoms with Gasteiger partial charge in [0.2, 0.25) is 0 Å². The summed E-state index contributed by atoms with van der Waals surface area (Å²) in [4.78, 5) is 50.5. The molecule has 5 N–H and O–H groups in total. The average Bonchev–Trinajstić information content (AvgIpc) is 2.81. The number of carboxylic acid groups (broad SMARTS) is 4. The third-order valence-electron chi connectivity index (χ3n) is 6.29. The maximum absolute atomic E-state index is 11.3. The van der Waals surface area contributed by atoms with Gasteiger partial charge in [0, 0.05) is 48.7 Å². The molecule has 0 saturated heterocycles. The highest BCUT2D eigenvalue weighted by atomic mass is 32.1. The van der Waals surface area contributed by atoms with Gasteiger partial charge in [-0.05, 0) is 72.9 Å². The van der Waals surface area contributed by atoms with E-state index < -0.39 is 35.7 Å². The van der Waals surface area contributed by atoms with Gasteiger partial charge in [-0.2, -0.15) is 0 Å². The van der Waals surface area contributed by atoms with E-state index in [2.05, 4.69) is 10.3 Å². The second-order valence-corrected chi connectivity index (χ2v) is 10.8. The van der Waals surface area contributed by atoms with Crippen LogP contribution in [0.25, 0.3) is 0 Å². The Bertz CT molecular complexity index is 1120. The van der Waals surface area contributed by atoms with Crippen LogP contribution in [0.2, 0.25) is 0 Å². The molecule has 0 bridgehead atoms. The van der Waals surface area contributed by atoms with Crippen LogP contribution in [0.15, 0.2) is 36.4 Å². The largest absolute Gasteiger partial charge is 0.481 e. The molecule has 0 aliphatic heterocycles. The molecule has 11 heteroatoms. The first-order valence-corrected chi connectivity index (χ1v) is 13.5. The number of aliphatic carboxylic acids is 4. The molecule has 0 aliphatic carbocycles. The fourth-order valence-electron chi connectivity index (χ4n) is 4.41. The molecular formula is C29H36N2O8S. The maximum atomic E-state index is 11.3. The van der Waals surface area contributed by atoms with Crippen LogP contribution in [0, 0.1) is 17.8 Å². The Morgan fingerprint density at radius 2 is 1.12 bits per heavy atom. The number of thiocarbonyl (C=S) groups is 1. The number of hydrogen-bond donors (Lipinski definition) is 5. The van der Waals surface area contributed by atoms with Crippen LogP contribution < -0.4 is 5.32 Å². The lowest BCUT2D eigenvalue weighted by Crippen LogP contribution is -2.18. The molecule has 0 radical (unpaired) electrons. The number of rotatable bonds is 17. The smallest absolute Gasteiger partial charge is 0.303 e. The van der Waals surface area contributed by atoms with Crippen molar-refractivity contribution in [1.82, 2.24) is 4.98 Å². The molecule has 10 nitrogen and oxygen atoms in total. The number of nitrogens with zero attached hydrogens (tertiary/aromatic N) is 1. The Kier molecular flexibility index (Phi) is 12.7. The molecule has 1 heterocycles. The van der Waals surface area contributed by atoms with Gasteiger partial charge in [-0.1, -0.05) is 38.2 Å². The summed E-state index contributed by atoms with van der Waals surface area (Å²) >= 11 is 5.34. The van der Waals surface area contributed by atoms with Crippen molar-refractivity contribution in [1.29, 1.82) is 0 Å². The van der Waals surface area contributed by atoms with E-state index in [0.717, 1.165) is 21.8 Å². The van der Waals surface area contributed by atoms with Crippen LogP contribution in [0.3, 0.4) is 0 Å². The highest BCUT2D eigenvalue weighted by Gasteiger charge is 2.21. The van der Waals surface area contributed by atoms with Gasteiger partial charge < -0.3 is 25.7 Å². The van der Waals surface area contributed by atoms with E-state index >= 15 is 0 Å². The number of nitrogens with one attached hydrogen (secondary N) is 1. The Hall–Kier alpha value is -3.86. The molecule has 0 fully saturated rings. The predicted octanol–water partition coefficient (Wildman–Crippen LogP) is 4.48. The zero-order valence-corrected chi connectivity index (χ0v) is 23.4. The Labute approximate surface area is 238 Å². The minimum absolute atomic E-state index is 0.109. The molecular weight excluding hydrogens is 536 g/mol. The molecule has 0 unspecified atom stereocenters. The van der Waals surface area contributed by atoms with Gasteiger partial charge in [0.1, 0.15) is 0 Å². The van der Waals surface area contributed by atoms with Crippen LogP contribution in [0.4, 0.5) is 5.69 Å². The first-order chi connectivity index (χ1) is 18.8. The van der Waals surface area contributed by atoms with Crippen molar-refractivity contribution < 1.29 is 39.6 Å². The lowest BCUT2D eigenvalue weighted by atomic mass is 9.92. The third-order valence-corrected chi connectivity index (χ3v) is 6.86. The summed E-state index contributed by atoms with van der Waals surface area (Å²) in [6.45, 7) is 4.02. The highest BCUT2D eigenvalue weighted by molar-refractivity contribution is 7.80. The standard InChI is InChI=1S/C29H36N2O8S/c1-17(2)29(40)31-22-7-5-18(6-8-22)3-4-19-9-23(11-20(13-25(32)33)14-26(34)35)30-24(10-19)12-21(15-27(36)37)16-28(38)39/h5-10,17,20-21H,3-4,11-16H2,1-2H3,(H,31,40)(H,32,33)(H,34,35)(H,36,37)(H,38,39). The molecule has 0 aliphatic rings. The van der Waals surface area contributed by atoms with Crippen LogP contribution >= 0.6 is 12.2 Å². The molecule has 0 saturated carbocycles. The number of pyridine rings is 1. The van der Waals surface area contributed by atoms with Crippen molar-refractivity contribution >= 4 is 46.8 Å². The van der Waals surface area contributed by atoms with Gasteiger partial charge in [-0.15, -0.1) is 0 Å². The molecule has 40 heavy (non-hydrogen) atoms. The molecule has 2 rings (SSSR count). The van der Waals surface area contributed by atoms with Crippen molar-refractivity contribution in [3.63, 3.8) is 0 Å². The first kappa shape index (κ1) is 32.4. The zero-order valence-electron chi connectivity index (χ0n) is 22.6. The van der Waals surface area contributed by atoms with E-state index in [1.165, 1.54) is 0 Å². The second kappa shape index (κ2) is 15.7. The van der Waals surface area contributed by atoms with Gasteiger partial charge >= 0.3 is 23.9 Å². The van der Waals surface area contributed by atoms with Gasteiger partial charge in [0.05, 0.1) is 4.99 Å². The number of benzene rings is 1. The molecule has 0 spiro atoms. The summed E-state index contributed by atoms with van der Waals surface area (Å²) < 4.78 is 0. The van der Waals surface area contributed by atoms with Crippen LogP contribution in [0.1, 0.15) is 62.0 Å². The summed E-state index contributed by atoms with van der Waals surface area (Å²) in [5.41, 5.74) is 3.79. The number of aryl methyl sites for hydroxylation is 2. The summed E-state index contributed by atoms with van der Waals surface area (Å²) in [5.74, 6) is -5.60. The van der Waals surface area contributed by atoms with Crippen molar-refractivity contribution in [2.45, 2.75) is 65.2 Å². The van der Waals surface area contributed by atoms with E-state index in [4.69, 9.17) is 12.2 Å². The lowest BCUT2D eigenvalue weighted by Gasteiger charge is -2.17. The Morgan fingerprint density at radius 1 is 0.725 bits per heavy atom. The topological polar surface area (TPSA) is 174 Å². The van der Waals surface area contributed by atoms with E-state index in [9.17, 15) is 39.6 Å². The molecule has 1 aromatic carbocycles. The molecule has 216 valence electrons. The quantitative estimate of drug-likeness (QED) is 0.169. The SMILES string of the molecule is CC(C)C(=S)Nc1ccc(CCc2cc(CC(CC(=O)O)CC(=O)O)nc(CC(CC(=O)O)CC(=O)O)c2)cc1. The fourth-order valence-corrected chi connectivity index (χ4v) is 4.53. The fraction of sp³-hybridized carbons (Fsp3) is 0.448. The average molecular weight is 573 g/mol. The maximum Gasteiger partial charge on any atom is 0.303 e. The van der Waals surface area contributed by atoms with Crippen molar-refractivity contribution in [2.75, 3.05) is 5.32 Å². The number of hydrogen-bond acceptors (Lipinski definition) is 6. The molecule has 1 aromatic heterocycles. The van der Waals surface area contributed by atoms with E-state index in [0.29, 0.717) is 24.2 Å². The number of anilines is 1. The van der Waals surface area contributed by atoms with Crippen molar-refractivity contribution in [2.24, 2.45) is 17.8 Å². The van der Waals surface area contributed by atoms with Crippen LogP contribution in [-0.4, -0.2) is 54.3 Å². The number of carboxylic acids is 4. The summed E-state index contributed by atoms with van der Waals surface area (Å²) in [6, 6.07) is 11.5. The lowest BCUT2D eigenvalue weighted by molar-refractivity contribution is -0.142. The van der Waals surface area contributed by atoms with Crippen LogP contribution in [0.5, 0.6) is 0 Å².